The molecule has 0 radical (unpaired) electrons. The van der Waals surface area contributed by atoms with Crippen LogP contribution >= 0.6 is 11.6 Å². The maximum absolute atomic E-state index is 12.8. The van der Waals surface area contributed by atoms with Crippen LogP contribution in [0.3, 0.4) is 0 Å². The number of nitro benzene ring substituents is 1. The Balaban J connectivity index is 2.06. The van der Waals surface area contributed by atoms with Crippen LogP contribution in [0.25, 0.3) is 5.69 Å². The third-order valence-corrected chi connectivity index (χ3v) is 5.81. The molecule has 14 heteroatoms. The minimum Gasteiger partial charge on any atom is -0.501 e. The van der Waals surface area contributed by atoms with Crippen molar-refractivity contribution in [2.45, 2.75) is 11.8 Å². The Morgan fingerprint density at radius 3 is 2.61 bits per heavy atom. The van der Waals surface area contributed by atoms with Crippen LogP contribution in [0.5, 0.6) is 5.75 Å². The lowest BCUT2D eigenvalue weighted by molar-refractivity contribution is -0.385. The zero-order valence-electron chi connectivity index (χ0n) is 16.0. The summed E-state index contributed by atoms with van der Waals surface area (Å²) in [6, 6.07) is 7.74. The van der Waals surface area contributed by atoms with Gasteiger partial charge in [0.2, 0.25) is 15.8 Å². The highest BCUT2D eigenvalue weighted by Crippen LogP contribution is 2.39. The van der Waals surface area contributed by atoms with E-state index in [4.69, 9.17) is 11.6 Å². The molecule has 2 aromatic carbocycles. The first kappa shape index (κ1) is 22.1. The topological polar surface area (TPSA) is 172 Å². The van der Waals surface area contributed by atoms with Crippen molar-refractivity contribution in [2.75, 3.05) is 7.05 Å². The first-order valence-corrected chi connectivity index (χ1v) is 10.4. The van der Waals surface area contributed by atoms with Crippen molar-refractivity contribution in [3.8, 4) is 11.4 Å². The summed E-state index contributed by atoms with van der Waals surface area (Å²) in [5.41, 5.74) is -1.25. The summed E-state index contributed by atoms with van der Waals surface area (Å²) in [5.74, 6) is -0.753. The van der Waals surface area contributed by atoms with E-state index in [1.54, 1.807) is 0 Å². The van der Waals surface area contributed by atoms with Gasteiger partial charge < -0.3 is 5.11 Å². The maximum atomic E-state index is 12.8. The van der Waals surface area contributed by atoms with Gasteiger partial charge in [-0.05, 0) is 38.2 Å². The molecule has 0 aliphatic heterocycles. The highest BCUT2D eigenvalue weighted by Gasteiger charge is 2.20. The van der Waals surface area contributed by atoms with E-state index in [9.17, 15) is 28.4 Å². The monoisotopic (exact) mass is 466 g/mol. The molecule has 0 saturated carbocycles. The number of hydrogen-bond acceptors (Lipinski definition) is 8. The summed E-state index contributed by atoms with van der Waals surface area (Å²) < 4.78 is 27.3. The van der Waals surface area contributed by atoms with Crippen molar-refractivity contribution in [3.05, 3.63) is 67.6 Å². The van der Waals surface area contributed by atoms with Crippen LogP contribution in [0.4, 0.5) is 17.1 Å². The molecule has 0 aliphatic carbocycles. The van der Waals surface area contributed by atoms with E-state index in [1.165, 1.54) is 38.2 Å². The van der Waals surface area contributed by atoms with Crippen LogP contribution in [-0.2, 0) is 10.0 Å². The molecule has 0 atom stereocenters. The molecule has 0 saturated heterocycles. The van der Waals surface area contributed by atoms with Crippen molar-refractivity contribution in [2.24, 2.45) is 10.2 Å². The van der Waals surface area contributed by atoms with E-state index in [0.29, 0.717) is 0 Å². The first-order valence-electron chi connectivity index (χ1n) is 8.49. The fourth-order valence-electron chi connectivity index (χ4n) is 2.64. The normalized spacial score (nSPS) is 11.8. The number of nitrogens with zero attached hydrogens (tertiary/aromatic N) is 4. The minimum absolute atomic E-state index is 0.0500. The number of phenolic OH excluding ortho intramolecular Hbond substituents is 1. The second-order valence-corrected chi connectivity index (χ2v) is 8.50. The zero-order chi connectivity index (χ0) is 22.9. The van der Waals surface area contributed by atoms with E-state index in [1.807, 2.05) is 0 Å². The van der Waals surface area contributed by atoms with Crippen LogP contribution in [0, 0.1) is 17.0 Å². The zero-order valence-corrected chi connectivity index (χ0v) is 17.6. The minimum atomic E-state index is -3.73. The molecule has 3 rings (SSSR count). The number of benzene rings is 2. The van der Waals surface area contributed by atoms with E-state index < -0.39 is 31.9 Å². The predicted molar refractivity (Wildman–Crippen MR) is 111 cm³/mol. The van der Waals surface area contributed by atoms with Crippen LogP contribution in [0.15, 0.2) is 56.3 Å². The maximum Gasteiger partial charge on any atom is 0.314 e. The number of hydrogen-bond donors (Lipinski definition) is 3. The molecule has 0 amide bonds. The summed E-state index contributed by atoms with van der Waals surface area (Å²) in [4.78, 5) is 22.9. The first-order chi connectivity index (χ1) is 14.5. The van der Waals surface area contributed by atoms with Gasteiger partial charge in [-0.2, -0.15) is 0 Å². The number of nitro groups is 1. The molecule has 0 aliphatic rings. The summed E-state index contributed by atoms with van der Waals surface area (Å²) >= 11 is 5.81. The number of aromatic amines is 1. The molecule has 1 heterocycles. The Morgan fingerprint density at radius 1 is 1.26 bits per heavy atom. The molecular weight excluding hydrogens is 452 g/mol. The van der Waals surface area contributed by atoms with Gasteiger partial charge in [0.05, 0.1) is 21.2 Å². The number of sulfonamides is 1. The second kappa shape index (κ2) is 8.29. The molecule has 3 N–H and O–H groups in total. The Labute approximate surface area is 180 Å². The average molecular weight is 467 g/mol. The van der Waals surface area contributed by atoms with Crippen molar-refractivity contribution < 1.29 is 18.4 Å². The fourth-order valence-corrected chi connectivity index (χ4v) is 3.61. The van der Waals surface area contributed by atoms with E-state index >= 15 is 0 Å². The summed E-state index contributed by atoms with van der Waals surface area (Å²) in [7, 11) is -2.46. The van der Waals surface area contributed by atoms with Crippen molar-refractivity contribution in [3.63, 3.8) is 0 Å². The number of rotatable bonds is 6. The van der Waals surface area contributed by atoms with Gasteiger partial charge in [0.1, 0.15) is 5.69 Å². The van der Waals surface area contributed by atoms with Gasteiger partial charge in [0, 0.05) is 11.1 Å². The van der Waals surface area contributed by atoms with Crippen molar-refractivity contribution in [1.29, 1.82) is 0 Å². The van der Waals surface area contributed by atoms with Gasteiger partial charge in [0.15, 0.2) is 5.69 Å². The molecule has 0 spiro atoms. The number of aryl methyl sites for hydroxylation is 1. The third kappa shape index (κ3) is 4.33. The third-order valence-electron chi connectivity index (χ3n) is 4.18. The molecule has 162 valence electrons. The lowest BCUT2D eigenvalue weighted by atomic mass is 10.2. The molecule has 31 heavy (non-hydrogen) atoms. The average Bonchev–Trinajstić information content (AvgIpc) is 3.01. The molecule has 12 nitrogen and oxygen atoms in total. The highest BCUT2D eigenvalue weighted by molar-refractivity contribution is 7.89. The molecule has 0 bridgehead atoms. The Hall–Kier alpha value is -3.55. The summed E-state index contributed by atoms with van der Waals surface area (Å²) in [5, 5.41) is 31.2. The van der Waals surface area contributed by atoms with E-state index in [0.717, 1.165) is 16.8 Å². The quantitative estimate of drug-likeness (QED) is 0.286. The van der Waals surface area contributed by atoms with Crippen LogP contribution in [-0.4, -0.2) is 35.3 Å². The largest absolute Gasteiger partial charge is 0.501 e. The summed E-state index contributed by atoms with van der Waals surface area (Å²) in [6.07, 6.45) is 0. The van der Waals surface area contributed by atoms with Crippen molar-refractivity contribution >= 4 is 38.7 Å². The predicted octanol–water partition coefficient (Wildman–Crippen LogP) is 3.06. The van der Waals surface area contributed by atoms with Gasteiger partial charge in [-0.15, -0.1) is 10.2 Å². The van der Waals surface area contributed by atoms with Crippen LogP contribution in [0.1, 0.15) is 5.69 Å². The lowest BCUT2D eigenvalue weighted by Gasteiger charge is -2.05. The molecular formula is C17H15ClN6O6S. The number of phenols is 1. The molecule has 1 aromatic heterocycles. The van der Waals surface area contributed by atoms with Gasteiger partial charge >= 0.3 is 5.69 Å². The molecule has 0 unspecified atom stereocenters. The van der Waals surface area contributed by atoms with Gasteiger partial charge in [-0.25, -0.2) is 17.8 Å². The SMILES string of the molecule is CNS(=O)(=O)c1cccc(-n2[nH]c(C)c(N=Nc3cc(Cl)cc([N+](=O)[O-])c3O)c2=O)c1. The molecule has 0 fully saturated rings. The molecule has 3 aromatic rings. The Morgan fingerprint density at radius 2 is 1.97 bits per heavy atom. The fraction of sp³-hybridized carbons (Fsp3) is 0.118. The van der Waals surface area contributed by atoms with Gasteiger partial charge in [-0.3, -0.25) is 20.0 Å². The summed E-state index contributed by atoms with van der Waals surface area (Å²) in [6.45, 7) is 1.53. The van der Waals surface area contributed by atoms with Gasteiger partial charge in [-0.1, -0.05) is 17.7 Å². The number of halogens is 1. The smallest absolute Gasteiger partial charge is 0.314 e. The van der Waals surface area contributed by atoms with E-state index in [-0.39, 0.29) is 32.7 Å². The number of aromatic hydroxyl groups is 1. The lowest BCUT2D eigenvalue weighted by Crippen LogP contribution is -2.19. The van der Waals surface area contributed by atoms with Crippen LogP contribution < -0.4 is 10.3 Å². The highest BCUT2D eigenvalue weighted by atomic mass is 35.5. The van der Waals surface area contributed by atoms with Crippen molar-refractivity contribution in [1.82, 2.24) is 14.5 Å². The standard InChI is InChI=1S/C17H15ClN6O6S/c1-9-15(21-20-13-6-10(18)7-14(16(13)25)24(27)28)17(26)23(22-9)11-4-3-5-12(8-11)31(29,30)19-2/h3-8,19,22,25H,1-2H3. The Bertz CT molecular complexity index is 1380. The van der Waals surface area contributed by atoms with Gasteiger partial charge in [0.25, 0.3) is 5.56 Å². The second-order valence-electron chi connectivity index (χ2n) is 6.18. The Kier molecular flexibility index (Phi) is 5.92. The number of H-pyrrole nitrogens is 1. The van der Waals surface area contributed by atoms with E-state index in [2.05, 4.69) is 20.0 Å². The number of aromatic nitrogens is 2. The van der Waals surface area contributed by atoms with Crippen LogP contribution in [0.2, 0.25) is 5.02 Å². The number of azo groups is 1. The number of nitrogens with one attached hydrogen (secondary N) is 2.